The number of amides is 2. The maximum absolute atomic E-state index is 12.5. The lowest BCUT2D eigenvalue weighted by molar-refractivity contribution is 0.183. The quantitative estimate of drug-likeness (QED) is 0.866. The zero-order chi connectivity index (χ0) is 16.2. The number of hydrogen-bond donors (Lipinski definition) is 1. The summed E-state index contributed by atoms with van der Waals surface area (Å²) in [6.07, 6.45) is 8.34. The fourth-order valence-corrected chi connectivity index (χ4v) is 3.36. The predicted octanol–water partition coefficient (Wildman–Crippen LogP) is 2.27. The Balaban J connectivity index is 1.66. The lowest BCUT2D eigenvalue weighted by Crippen LogP contribution is -2.44. The number of aromatic nitrogens is 2. The lowest BCUT2D eigenvalue weighted by atomic mass is 9.94. The first-order valence-electron chi connectivity index (χ1n) is 8.43. The molecule has 6 heteroatoms. The van der Waals surface area contributed by atoms with Gasteiger partial charge in [0.15, 0.2) is 0 Å². The summed E-state index contributed by atoms with van der Waals surface area (Å²) in [6, 6.07) is 0.0583. The zero-order valence-electron chi connectivity index (χ0n) is 14.0. The summed E-state index contributed by atoms with van der Waals surface area (Å²) in [4.78, 5) is 14.4. The maximum atomic E-state index is 12.5. The molecule has 1 N–H and O–H groups in total. The zero-order valence-corrected chi connectivity index (χ0v) is 14.0. The van der Waals surface area contributed by atoms with Gasteiger partial charge in [-0.05, 0) is 38.2 Å². The number of rotatable bonds is 4. The van der Waals surface area contributed by atoms with Gasteiger partial charge in [-0.2, -0.15) is 5.10 Å². The third kappa shape index (κ3) is 3.75. The number of methoxy groups -OCH3 is 1. The normalized spacial score (nSPS) is 20.9. The third-order valence-electron chi connectivity index (χ3n) is 4.58. The van der Waals surface area contributed by atoms with E-state index in [-0.39, 0.29) is 12.1 Å². The highest BCUT2D eigenvalue weighted by Gasteiger charge is 2.27. The Morgan fingerprint density at radius 1 is 1.52 bits per heavy atom. The number of nitrogens with one attached hydrogen (secondary N) is 1. The van der Waals surface area contributed by atoms with E-state index >= 15 is 0 Å². The molecule has 1 aliphatic heterocycles. The molecule has 0 fully saturated rings. The van der Waals surface area contributed by atoms with E-state index in [2.05, 4.69) is 29.6 Å². The van der Waals surface area contributed by atoms with Gasteiger partial charge in [0, 0.05) is 26.4 Å². The standard InChI is InChI=1S/C17H26N4O2/c1-13-5-4-8-20(11-13)17(22)18-15-7-3-6-14-12-21(9-10-23-2)19-16(14)15/h5,12,15H,3-4,6-11H2,1-2H3,(H,18,22). The first kappa shape index (κ1) is 16.1. The lowest BCUT2D eigenvalue weighted by Gasteiger charge is -2.30. The smallest absolute Gasteiger partial charge is 0.318 e. The first-order chi connectivity index (χ1) is 11.2. The van der Waals surface area contributed by atoms with E-state index in [1.54, 1.807) is 7.11 Å². The summed E-state index contributed by atoms with van der Waals surface area (Å²) in [5.41, 5.74) is 3.55. The largest absolute Gasteiger partial charge is 0.383 e. The molecule has 2 heterocycles. The second-order valence-electron chi connectivity index (χ2n) is 6.45. The van der Waals surface area contributed by atoms with E-state index in [1.807, 2.05) is 9.58 Å². The summed E-state index contributed by atoms with van der Waals surface area (Å²) in [6.45, 7) is 5.01. The first-order valence-corrected chi connectivity index (χ1v) is 8.43. The van der Waals surface area contributed by atoms with Gasteiger partial charge in [0.25, 0.3) is 0 Å². The van der Waals surface area contributed by atoms with Crippen LogP contribution in [-0.2, 0) is 17.7 Å². The van der Waals surface area contributed by atoms with Gasteiger partial charge in [-0.3, -0.25) is 4.68 Å². The number of fused-ring (bicyclic) bond motifs is 1. The summed E-state index contributed by atoms with van der Waals surface area (Å²) in [7, 11) is 1.70. The SMILES string of the molecule is COCCn1cc2c(n1)C(NC(=O)N1CCC=C(C)C1)CCC2. The molecule has 0 bridgehead atoms. The van der Waals surface area contributed by atoms with Gasteiger partial charge in [0.1, 0.15) is 0 Å². The molecule has 0 aromatic carbocycles. The fourth-order valence-electron chi connectivity index (χ4n) is 3.36. The molecule has 0 radical (unpaired) electrons. The minimum Gasteiger partial charge on any atom is -0.383 e. The van der Waals surface area contributed by atoms with Gasteiger partial charge in [-0.25, -0.2) is 4.79 Å². The molecular weight excluding hydrogens is 292 g/mol. The third-order valence-corrected chi connectivity index (χ3v) is 4.58. The Morgan fingerprint density at radius 3 is 3.17 bits per heavy atom. The van der Waals surface area contributed by atoms with E-state index in [4.69, 9.17) is 4.74 Å². The van der Waals surface area contributed by atoms with Crippen molar-refractivity contribution >= 4 is 6.03 Å². The molecule has 0 saturated heterocycles. The summed E-state index contributed by atoms with van der Waals surface area (Å²) < 4.78 is 7.05. The van der Waals surface area contributed by atoms with Crippen LogP contribution in [0.5, 0.6) is 0 Å². The van der Waals surface area contributed by atoms with Crippen LogP contribution in [0.1, 0.15) is 43.5 Å². The van der Waals surface area contributed by atoms with Gasteiger partial charge in [0.2, 0.25) is 0 Å². The molecule has 2 amide bonds. The molecule has 1 aliphatic carbocycles. The predicted molar refractivity (Wildman–Crippen MR) is 88.3 cm³/mol. The van der Waals surface area contributed by atoms with Crippen molar-refractivity contribution in [2.24, 2.45) is 0 Å². The van der Waals surface area contributed by atoms with Crippen LogP contribution in [0.4, 0.5) is 4.79 Å². The highest BCUT2D eigenvalue weighted by atomic mass is 16.5. The Hall–Kier alpha value is -1.82. The average Bonchev–Trinajstić information content (AvgIpc) is 2.97. The number of ether oxygens (including phenoxy) is 1. The Kier molecular flexibility index (Phi) is 5.00. The van der Waals surface area contributed by atoms with E-state index < -0.39 is 0 Å². The van der Waals surface area contributed by atoms with E-state index in [0.717, 1.165) is 51.0 Å². The summed E-state index contributed by atoms with van der Waals surface area (Å²) >= 11 is 0. The van der Waals surface area contributed by atoms with Crippen LogP contribution in [0.15, 0.2) is 17.8 Å². The highest BCUT2D eigenvalue weighted by molar-refractivity contribution is 5.75. The van der Waals surface area contributed by atoms with Crippen LogP contribution in [0.25, 0.3) is 0 Å². The number of aryl methyl sites for hydroxylation is 1. The van der Waals surface area contributed by atoms with Crippen LogP contribution in [0.3, 0.4) is 0 Å². The number of nitrogens with zero attached hydrogens (tertiary/aromatic N) is 3. The van der Waals surface area contributed by atoms with E-state index in [9.17, 15) is 4.79 Å². The number of urea groups is 1. The van der Waals surface area contributed by atoms with Crippen molar-refractivity contribution in [3.63, 3.8) is 0 Å². The van der Waals surface area contributed by atoms with Crippen LogP contribution in [0.2, 0.25) is 0 Å². The maximum Gasteiger partial charge on any atom is 0.318 e. The molecule has 1 atom stereocenters. The van der Waals surface area contributed by atoms with Crippen molar-refractivity contribution in [1.82, 2.24) is 20.0 Å². The summed E-state index contributed by atoms with van der Waals surface area (Å²) in [5, 5.41) is 7.86. The molecule has 2 aliphatic rings. The number of carbonyl (C=O) groups excluding carboxylic acids is 1. The number of hydrogen-bond acceptors (Lipinski definition) is 3. The molecule has 1 aromatic rings. The second-order valence-corrected chi connectivity index (χ2v) is 6.45. The van der Waals surface area contributed by atoms with Crippen molar-refractivity contribution in [1.29, 1.82) is 0 Å². The van der Waals surface area contributed by atoms with Crippen molar-refractivity contribution in [2.75, 3.05) is 26.8 Å². The van der Waals surface area contributed by atoms with Gasteiger partial charge in [-0.15, -0.1) is 0 Å². The molecule has 23 heavy (non-hydrogen) atoms. The molecule has 0 spiro atoms. The Labute approximate surface area is 137 Å². The van der Waals surface area contributed by atoms with Crippen LogP contribution in [0, 0.1) is 0 Å². The molecule has 1 aromatic heterocycles. The van der Waals surface area contributed by atoms with Crippen molar-refractivity contribution in [3.8, 4) is 0 Å². The summed E-state index contributed by atoms with van der Waals surface area (Å²) in [5.74, 6) is 0. The fraction of sp³-hybridized carbons (Fsp3) is 0.647. The number of carbonyl (C=O) groups is 1. The van der Waals surface area contributed by atoms with E-state index in [1.165, 1.54) is 11.1 Å². The van der Waals surface area contributed by atoms with E-state index in [0.29, 0.717) is 6.61 Å². The van der Waals surface area contributed by atoms with Gasteiger partial charge in [-0.1, -0.05) is 11.6 Å². The molecule has 3 rings (SSSR count). The van der Waals surface area contributed by atoms with Crippen LogP contribution < -0.4 is 5.32 Å². The highest BCUT2D eigenvalue weighted by Crippen LogP contribution is 2.28. The Bertz CT molecular complexity index is 593. The minimum atomic E-state index is 0.0289. The molecule has 6 nitrogen and oxygen atoms in total. The topological polar surface area (TPSA) is 59.4 Å². The van der Waals surface area contributed by atoms with Crippen molar-refractivity contribution < 1.29 is 9.53 Å². The minimum absolute atomic E-state index is 0.0289. The molecule has 1 unspecified atom stereocenters. The van der Waals surface area contributed by atoms with Crippen LogP contribution in [-0.4, -0.2) is 47.5 Å². The van der Waals surface area contributed by atoms with Crippen molar-refractivity contribution in [2.45, 2.75) is 45.2 Å². The molecule has 0 saturated carbocycles. The molecular formula is C17H26N4O2. The van der Waals surface area contributed by atoms with Gasteiger partial charge < -0.3 is 15.0 Å². The van der Waals surface area contributed by atoms with Crippen molar-refractivity contribution in [3.05, 3.63) is 29.1 Å². The van der Waals surface area contributed by atoms with Crippen LogP contribution >= 0.6 is 0 Å². The van der Waals surface area contributed by atoms with Gasteiger partial charge in [0.05, 0.1) is 24.9 Å². The second kappa shape index (κ2) is 7.17. The molecule has 126 valence electrons. The average molecular weight is 318 g/mol. The monoisotopic (exact) mass is 318 g/mol. The Morgan fingerprint density at radius 2 is 2.39 bits per heavy atom. The van der Waals surface area contributed by atoms with Gasteiger partial charge >= 0.3 is 6.03 Å².